The Morgan fingerprint density at radius 1 is 1.33 bits per heavy atom. The number of nitriles is 1. The van der Waals surface area contributed by atoms with Crippen molar-refractivity contribution in [3.8, 4) is 11.8 Å². The molecule has 0 saturated carbocycles. The summed E-state index contributed by atoms with van der Waals surface area (Å²) in [5.41, 5.74) is 7.33. The maximum Gasteiger partial charge on any atom is 0.123 e. The van der Waals surface area contributed by atoms with Crippen LogP contribution >= 0.6 is 11.6 Å². The number of hydrogen-bond acceptors (Lipinski definition) is 4. The van der Waals surface area contributed by atoms with E-state index >= 15 is 0 Å². The molecule has 2 aromatic carbocycles. The number of rotatable bonds is 4. The van der Waals surface area contributed by atoms with Gasteiger partial charge in [-0.25, -0.2) is 0 Å². The van der Waals surface area contributed by atoms with Gasteiger partial charge in [-0.15, -0.1) is 0 Å². The van der Waals surface area contributed by atoms with E-state index in [-0.39, 0.29) is 5.75 Å². The van der Waals surface area contributed by atoms with E-state index in [1.165, 1.54) is 7.11 Å². The maximum atomic E-state index is 12.5. The van der Waals surface area contributed by atoms with Crippen LogP contribution in [-0.4, -0.2) is 11.3 Å². The van der Waals surface area contributed by atoms with Crippen LogP contribution in [0.25, 0.3) is 0 Å². The summed E-state index contributed by atoms with van der Waals surface area (Å²) in [7, 11) is 0.178. The van der Waals surface area contributed by atoms with E-state index in [4.69, 9.17) is 27.3 Å². The highest BCUT2D eigenvalue weighted by atomic mass is 35.5. The molecule has 0 heterocycles. The number of ether oxygens (including phenoxy) is 1. The highest BCUT2D eigenvalue weighted by Gasteiger charge is 2.13. The molecule has 6 heteroatoms. The van der Waals surface area contributed by atoms with Gasteiger partial charge in [0.25, 0.3) is 0 Å². The van der Waals surface area contributed by atoms with Crippen LogP contribution in [0, 0.1) is 11.3 Å². The van der Waals surface area contributed by atoms with E-state index in [2.05, 4.69) is 6.07 Å². The number of benzene rings is 2. The average Bonchev–Trinajstić information content (AvgIpc) is 2.46. The molecular weight excluding hydrogens is 308 g/mol. The van der Waals surface area contributed by atoms with Crippen molar-refractivity contribution in [2.75, 3.05) is 12.8 Å². The number of hydrogen-bond donors (Lipinski definition) is 1. The van der Waals surface area contributed by atoms with Crippen molar-refractivity contribution >= 4 is 28.1 Å². The Bertz CT molecular complexity index is 741. The summed E-state index contributed by atoms with van der Waals surface area (Å²) >= 11 is 6.07. The number of nitrogens with zero attached hydrogens (tertiary/aromatic N) is 1. The first-order valence-corrected chi connectivity index (χ1v) is 7.75. The Balaban J connectivity index is 2.33. The zero-order chi connectivity index (χ0) is 15.4. The van der Waals surface area contributed by atoms with Crippen molar-refractivity contribution in [1.29, 1.82) is 5.26 Å². The summed E-state index contributed by atoms with van der Waals surface area (Å²) in [4.78, 5) is 0.510. The van der Waals surface area contributed by atoms with Gasteiger partial charge in [0.05, 0.1) is 45.2 Å². The molecule has 0 aliphatic carbocycles. The van der Waals surface area contributed by atoms with Gasteiger partial charge in [0.2, 0.25) is 0 Å². The van der Waals surface area contributed by atoms with E-state index in [1.807, 2.05) is 0 Å². The molecule has 1 atom stereocenters. The van der Waals surface area contributed by atoms with Crippen LogP contribution in [0.5, 0.6) is 5.75 Å². The lowest BCUT2D eigenvalue weighted by molar-refractivity contribution is 0.411. The van der Waals surface area contributed by atoms with E-state index in [9.17, 15) is 4.21 Å². The zero-order valence-electron chi connectivity index (χ0n) is 11.3. The van der Waals surface area contributed by atoms with Crippen LogP contribution in [0.3, 0.4) is 0 Å². The highest BCUT2D eigenvalue weighted by molar-refractivity contribution is 7.84. The lowest BCUT2D eigenvalue weighted by Crippen LogP contribution is -2.01. The smallest absolute Gasteiger partial charge is 0.123 e. The molecule has 0 aliphatic rings. The predicted octanol–water partition coefficient (Wildman–Crippen LogP) is 3.11. The molecule has 0 aromatic heterocycles. The van der Waals surface area contributed by atoms with Crippen molar-refractivity contribution < 1.29 is 8.95 Å². The monoisotopic (exact) mass is 320 g/mol. The SMILES string of the molecule is COc1ccc(C#N)cc1CS(=O)c1ccc(N)cc1Cl. The van der Waals surface area contributed by atoms with Crippen LogP contribution in [0.2, 0.25) is 5.02 Å². The van der Waals surface area contributed by atoms with Gasteiger partial charge in [0.15, 0.2) is 0 Å². The Labute approximate surface area is 130 Å². The Kier molecular flexibility index (Phi) is 4.84. The molecule has 0 saturated heterocycles. The largest absolute Gasteiger partial charge is 0.496 e. The number of nitrogens with two attached hydrogens (primary N) is 1. The maximum absolute atomic E-state index is 12.5. The second-order valence-corrected chi connectivity index (χ2v) is 6.14. The topological polar surface area (TPSA) is 76.1 Å². The molecule has 0 radical (unpaired) electrons. The van der Waals surface area contributed by atoms with E-state index in [0.717, 1.165) is 0 Å². The summed E-state index contributed by atoms with van der Waals surface area (Å²) in [5.74, 6) is 0.802. The summed E-state index contributed by atoms with van der Waals surface area (Å²) in [6.45, 7) is 0. The number of methoxy groups -OCH3 is 1. The standard InChI is InChI=1S/C15H13ClN2O2S/c1-20-14-4-2-10(8-17)6-11(14)9-21(19)15-5-3-12(18)7-13(15)16/h2-7H,9,18H2,1H3. The normalized spacial score (nSPS) is 11.7. The molecule has 21 heavy (non-hydrogen) atoms. The molecule has 0 aliphatic heterocycles. The number of anilines is 1. The first-order chi connectivity index (χ1) is 10.0. The van der Waals surface area contributed by atoms with Crippen molar-refractivity contribution in [3.63, 3.8) is 0 Å². The Hall–Kier alpha value is -2.03. The van der Waals surface area contributed by atoms with Crippen LogP contribution < -0.4 is 10.5 Å². The summed E-state index contributed by atoms with van der Waals surface area (Å²) in [6, 6.07) is 11.9. The number of halogens is 1. The van der Waals surface area contributed by atoms with Gasteiger partial charge < -0.3 is 10.5 Å². The van der Waals surface area contributed by atoms with Gasteiger partial charge in [-0.3, -0.25) is 4.21 Å². The fraction of sp³-hybridized carbons (Fsp3) is 0.133. The molecule has 0 spiro atoms. The highest BCUT2D eigenvalue weighted by Crippen LogP contribution is 2.27. The average molecular weight is 321 g/mol. The second-order valence-electron chi connectivity index (χ2n) is 4.32. The quantitative estimate of drug-likeness (QED) is 0.878. The lowest BCUT2D eigenvalue weighted by Gasteiger charge is -2.10. The summed E-state index contributed by atoms with van der Waals surface area (Å²) in [5, 5.41) is 9.31. The molecule has 2 rings (SSSR count). The van der Waals surface area contributed by atoms with Crippen molar-refractivity contribution in [2.24, 2.45) is 0 Å². The van der Waals surface area contributed by atoms with Crippen molar-refractivity contribution in [3.05, 3.63) is 52.5 Å². The molecule has 2 aromatic rings. The van der Waals surface area contributed by atoms with Crippen LogP contribution in [-0.2, 0) is 16.6 Å². The molecule has 2 N–H and O–H groups in total. The molecule has 0 amide bonds. The predicted molar refractivity (Wildman–Crippen MR) is 83.7 cm³/mol. The molecule has 4 nitrogen and oxygen atoms in total. The minimum absolute atomic E-state index is 0.211. The third-order valence-electron chi connectivity index (χ3n) is 2.90. The van der Waals surface area contributed by atoms with E-state index in [0.29, 0.717) is 32.5 Å². The van der Waals surface area contributed by atoms with Gasteiger partial charge in [-0.05, 0) is 36.4 Å². The Morgan fingerprint density at radius 2 is 2.10 bits per heavy atom. The first-order valence-electron chi connectivity index (χ1n) is 6.05. The molecule has 0 bridgehead atoms. The van der Waals surface area contributed by atoms with Crippen molar-refractivity contribution in [2.45, 2.75) is 10.6 Å². The number of nitrogen functional groups attached to an aromatic ring is 1. The van der Waals surface area contributed by atoms with Crippen LogP contribution in [0.1, 0.15) is 11.1 Å². The summed E-state index contributed by atoms with van der Waals surface area (Å²) < 4.78 is 17.7. The first kappa shape index (κ1) is 15.4. The fourth-order valence-electron chi connectivity index (χ4n) is 1.88. The third-order valence-corrected chi connectivity index (χ3v) is 4.74. The van der Waals surface area contributed by atoms with Gasteiger partial charge in [0.1, 0.15) is 5.75 Å². The van der Waals surface area contributed by atoms with E-state index in [1.54, 1.807) is 36.4 Å². The van der Waals surface area contributed by atoms with Crippen LogP contribution in [0.4, 0.5) is 5.69 Å². The fourth-order valence-corrected chi connectivity index (χ4v) is 3.49. The van der Waals surface area contributed by atoms with Gasteiger partial charge in [-0.2, -0.15) is 5.26 Å². The van der Waals surface area contributed by atoms with Gasteiger partial charge >= 0.3 is 0 Å². The molecule has 0 fully saturated rings. The summed E-state index contributed by atoms with van der Waals surface area (Å²) in [6.07, 6.45) is 0. The molecule has 1 unspecified atom stereocenters. The Morgan fingerprint density at radius 3 is 2.71 bits per heavy atom. The van der Waals surface area contributed by atoms with Crippen molar-refractivity contribution in [1.82, 2.24) is 0 Å². The second kappa shape index (κ2) is 6.61. The van der Waals surface area contributed by atoms with Crippen LogP contribution in [0.15, 0.2) is 41.3 Å². The minimum Gasteiger partial charge on any atom is -0.496 e. The minimum atomic E-state index is -1.35. The van der Waals surface area contributed by atoms with E-state index < -0.39 is 10.8 Å². The molecular formula is C15H13ClN2O2S. The van der Waals surface area contributed by atoms with Gasteiger partial charge in [-0.1, -0.05) is 11.6 Å². The third kappa shape index (κ3) is 3.54. The zero-order valence-corrected chi connectivity index (χ0v) is 12.9. The molecule has 108 valence electrons. The van der Waals surface area contributed by atoms with Gasteiger partial charge in [0, 0.05) is 11.3 Å². The lowest BCUT2D eigenvalue weighted by atomic mass is 10.1.